The van der Waals surface area contributed by atoms with Crippen LogP contribution in [0.4, 0.5) is 5.69 Å². The van der Waals surface area contributed by atoms with Gasteiger partial charge < -0.3 is 5.32 Å². The van der Waals surface area contributed by atoms with Gasteiger partial charge in [-0.15, -0.1) is 0 Å². The quantitative estimate of drug-likeness (QED) is 0.538. The highest BCUT2D eigenvalue weighted by Crippen LogP contribution is 2.52. The van der Waals surface area contributed by atoms with Gasteiger partial charge in [0.15, 0.2) is 0 Å². The molecule has 3 atom stereocenters. The van der Waals surface area contributed by atoms with E-state index in [2.05, 4.69) is 57.7 Å². The molecule has 22 heavy (non-hydrogen) atoms. The Morgan fingerprint density at radius 3 is 2.82 bits per heavy atom. The van der Waals surface area contributed by atoms with Crippen molar-refractivity contribution in [3.05, 3.63) is 74.2 Å². The van der Waals surface area contributed by atoms with Crippen molar-refractivity contribution in [1.29, 1.82) is 0 Å². The minimum atomic E-state index is 0.263. The van der Waals surface area contributed by atoms with Crippen molar-refractivity contribution in [2.75, 3.05) is 5.32 Å². The summed E-state index contributed by atoms with van der Waals surface area (Å²) in [6.07, 6.45) is 5.62. The summed E-state index contributed by atoms with van der Waals surface area (Å²) in [5, 5.41) is 5.09. The molecule has 2 aromatic rings. The number of nitrogens with one attached hydrogen (secondary N) is 1. The summed E-state index contributed by atoms with van der Waals surface area (Å²) < 4.78 is 1.10. The molecule has 1 heterocycles. The largest absolute Gasteiger partial charge is 0.378 e. The Labute approximate surface area is 148 Å². The van der Waals surface area contributed by atoms with Gasteiger partial charge in [-0.25, -0.2) is 0 Å². The lowest BCUT2D eigenvalue weighted by Crippen LogP contribution is -2.29. The minimum absolute atomic E-state index is 0.263. The van der Waals surface area contributed by atoms with E-state index < -0.39 is 0 Å². The van der Waals surface area contributed by atoms with Crippen molar-refractivity contribution in [2.45, 2.75) is 18.4 Å². The van der Waals surface area contributed by atoms with Crippen LogP contribution >= 0.6 is 39.1 Å². The van der Waals surface area contributed by atoms with E-state index in [9.17, 15) is 0 Å². The van der Waals surface area contributed by atoms with Crippen molar-refractivity contribution in [3.63, 3.8) is 0 Å². The van der Waals surface area contributed by atoms with Gasteiger partial charge in [0.1, 0.15) is 0 Å². The van der Waals surface area contributed by atoms with Crippen LogP contribution in [0.3, 0.4) is 0 Å². The summed E-state index contributed by atoms with van der Waals surface area (Å²) in [5.74, 6) is 0.838. The standard InChI is InChI=1S/C18H14BrCl2N/c19-11-4-1-3-10(7-11)18-14-6-2-5-13(14)17-15(21)8-12(20)9-16(17)22-18/h1-5,7-9,13-14,18,22H,6H2/t13-,14+,18-/m1/s1. The van der Waals surface area contributed by atoms with Crippen LogP contribution in [-0.4, -0.2) is 0 Å². The fraction of sp³-hybridized carbons (Fsp3) is 0.222. The molecule has 0 radical (unpaired) electrons. The number of anilines is 1. The van der Waals surface area contributed by atoms with E-state index in [-0.39, 0.29) is 6.04 Å². The molecular weight excluding hydrogens is 381 g/mol. The first-order chi connectivity index (χ1) is 10.6. The van der Waals surface area contributed by atoms with Crippen molar-refractivity contribution < 1.29 is 0 Å². The Morgan fingerprint density at radius 2 is 2.00 bits per heavy atom. The van der Waals surface area contributed by atoms with E-state index in [1.165, 1.54) is 11.1 Å². The molecule has 1 aliphatic heterocycles. The summed E-state index contributed by atoms with van der Waals surface area (Å²) in [6, 6.07) is 12.6. The van der Waals surface area contributed by atoms with E-state index in [1.807, 2.05) is 12.1 Å². The second-order valence-corrected chi connectivity index (χ2v) is 7.64. The number of hydrogen-bond donors (Lipinski definition) is 1. The lowest BCUT2D eigenvalue weighted by atomic mass is 9.77. The van der Waals surface area contributed by atoms with Gasteiger partial charge in [-0.05, 0) is 42.2 Å². The molecular formula is C18H14BrCl2N. The molecule has 2 aromatic carbocycles. The first-order valence-corrected chi connectivity index (χ1v) is 8.86. The van der Waals surface area contributed by atoms with Gasteiger partial charge in [0.25, 0.3) is 0 Å². The van der Waals surface area contributed by atoms with E-state index in [0.717, 1.165) is 21.6 Å². The van der Waals surface area contributed by atoms with Crippen LogP contribution in [0.25, 0.3) is 0 Å². The van der Waals surface area contributed by atoms with Gasteiger partial charge in [0, 0.05) is 31.7 Å². The molecule has 1 aliphatic carbocycles. The Bertz CT molecular complexity index is 772. The molecule has 4 rings (SSSR count). The molecule has 0 spiro atoms. The molecule has 0 unspecified atom stereocenters. The Kier molecular flexibility index (Phi) is 3.72. The summed E-state index contributed by atoms with van der Waals surface area (Å²) >= 11 is 16.2. The highest BCUT2D eigenvalue weighted by molar-refractivity contribution is 9.10. The van der Waals surface area contributed by atoms with Crippen molar-refractivity contribution >= 4 is 44.8 Å². The third-order valence-electron chi connectivity index (χ3n) is 4.59. The van der Waals surface area contributed by atoms with Gasteiger partial charge in [-0.1, -0.05) is 63.4 Å². The van der Waals surface area contributed by atoms with Crippen LogP contribution in [0, 0.1) is 5.92 Å². The van der Waals surface area contributed by atoms with Crippen LogP contribution < -0.4 is 5.32 Å². The number of rotatable bonds is 1. The lowest BCUT2D eigenvalue weighted by molar-refractivity contribution is 0.425. The van der Waals surface area contributed by atoms with Gasteiger partial charge in [0.2, 0.25) is 0 Å². The van der Waals surface area contributed by atoms with Crippen LogP contribution in [0.2, 0.25) is 10.0 Å². The first kappa shape index (κ1) is 14.6. The number of hydrogen-bond acceptors (Lipinski definition) is 1. The summed E-state index contributed by atoms with van der Waals surface area (Å²) in [7, 11) is 0. The van der Waals surface area contributed by atoms with E-state index in [4.69, 9.17) is 23.2 Å². The van der Waals surface area contributed by atoms with Crippen LogP contribution in [0.5, 0.6) is 0 Å². The molecule has 1 N–H and O–H groups in total. The Balaban J connectivity index is 1.84. The van der Waals surface area contributed by atoms with Crippen LogP contribution in [0.1, 0.15) is 29.5 Å². The third kappa shape index (κ3) is 2.38. The molecule has 0 saturated carbocycles. The molecule has 1 nitrogen and oxygen atoms in total. The maximum Gasteiger partial charge on any atom is 0.0554 e. The molecule has 0 fully saturated rings. The molecule has 4 heteroatoms. The second-order valence-electron chi connectivity index (χ2n) is 5.88. The molecule has 0 aromatic heterocycles. The predicted molar refractivity (Wildman–Crippen MR) is 97.0 cm³/mol. The van der Waals surface area contributed by atoms with E-state index in [0.29, 0.717) is 16.9 Å². The minimum Gasteiger partial charge on any atom is -0.378 e. The van der Waals surface area contributed by atoms with Crippen molar-refractivity contribution in [1.82, 2.24) is 0 Å². The van der Waals surface area contributed by atoms with Crippen molar-refractivity contribution in [2.24, 2.45) is 5.92 Å². The zero-order valence-corrected chi connectivity index (χ0v) is 14.8. The van der Waals surface area contributed by atoms with Gasteiger partial charge in [-0.2, -0.15) is 0 Å². The van der Waals surface area contributed by atoms with Crippen molar-refractivity contribution in [3.8, 4) is 0 Å². The Hall–Kier alpha value is -0.960. The SMILES string of the molecule is Clc1cc(Cl)c2c(c1)N[C@H](c1cccc(Br)c1)[C@H]1CC=C[C@@H]21. The highest BCUT2D eigenvalue weighted by Gasteiger charge is 2.39. The second kappa shape index (κ2) is 5.59. The summed E-state index contributed by atoms with van der Waals surface area (Å²) in [4.78, 5) is 0. The number of allylic oxidation sites excluding steroid dienone is 2. The van der Waals surface area contributed by atoms with Gasteiger partial charge >= 0.3 is 0 Å². The van der Waals surface area contributed by atoms with Gasteiger partial charge in [-0.3, -0.25) is 0 Å². The molecule has 0 bridgehead atoms. The van der Waals surface area contributed by atoms with Crippen LogP contribution in [-0.2, 0) is 0 Å². The maximum atomic E-state index is 6.47. The Morgan fingerprint density at radius 1 is 1.14 bits per heavy atom. The van der Waals surface area contributed by atoms with Crippen LogP contribution in [0.15, 0.2) is 53.0 Å². The summed E-state index contributed by atoms with van der Waals surface area (Å²) in [5.41, 5.74) is 3.51. The monoisotopic (exact) mass is 393 g/mol. The molecule has 2 aliphatic rings. The zero-order chi connectivity index (χ0) is 15.3. The normalized spacial score (nSPS) is 25.5. The number of halogens is 3. The first-order valence-electron chi connectivity index (χ1n) is 7.31. The number of fused-ring (bicyclic) bond motifs is 3. The lowest BCUT2D eigenvalue weighted by Gasteiger charge is -2.38. The summed E-state index contributed by atoms with van der Waals surface area (Å²) in [6.45, 7) is 0. The van der Waals surface area contributed by atoms with E-state index in [1.54, 1.807) is 0 Å². The van der Waals surface area contributed by atoms with Gasteiger partial charge in [0.05, 0.1) is 6.04 Å². The smallest absolute Gasteiger partial charge is 0.0554 e. The zero-order valence-electron chi connectivity index (χ0n) is 11.7. The molecule has 0 amide bonds. The molecule has 0 saturated heterocycles. The highest BCUT2D eigenvalue weighted by atomic mass is 79.9. The third-order valence-corrected chi connectivity index (χ3v) is 5.61. The fourth-order valence-corrected chi connectivity index (χ4v) is 4.71. The van der Waals surface area contributed by atoms with E-state index >= 15 is 0 Å². The number of benzene rings is 2. The topological polar surface area (TPSA) is 12.0 Å². The molecule has 112 valence electrons. The predicted octanol–water partition coefficient (Wildman–Crippen LogP) is 6.58. The average molecular weight is 395 g/mol. The average Bonchev–Trinajstić information content (AvgIpc) is 2.94. The fourth-order valence-electron chi connectivity index (χ4n) is 3.67. The maximum absolute atomic E-state index is 6.47.